The number of halogens is 6. The Morgan fingerprint density at radius 1 is 0.914 bits per heavy atom. The molecule has 0 radical (unpaired) electrons. The molecule has 0 N–H and O–H groups in total. The van der Waals surface area contributed by atoms with Crippen molar-refractivity contribution in [2.75, 3.05) is 6.26 Å². The summed E-state index contributed by atoms with van der Waals surface area (Å²) in [5, 5.41) is 3.35. The number of thiophene rings is 1. The molecule has 3 heterocycles. The Balaban J connectivity index is 1.86. The van der Waals surface area contributed by atoms with Crippen LogP contribution >= 0.6 is 11.3 Å². The molecule has 13 heteroatoms. The Hall–Kier alpha value is -3.19. The first kappa shape index (κ1) is 24.9. The van der Waals surface area contributed by atoms with Crippen LogP contribution in [-0.2, 0) is 22.2 Å². The van der Waals surface area contributed by atoms with E-state index in [1.54, 1.807) is 19.1 Å². The van der Waals surface area contributed by atoms with E-state index in [1.165, 1.54) is 18.3 Å². The van der Waals surface area contributed by atoms with Gasteiger partial charge in [0.1, 0.15) is 0 Å². The second-order valence-corrected chi connectivity index (χ2v) is 10.6. The summed E-state index contributed by atoms with van der Waals surface area (Å²) in [6.45, 7) is 1.56. The smallest absolute Gasteiger partial charge is 0.244 e. The zero-order valence-electron chi connectivity index (χ0n) is 17.9. The van der Waals surface area contributed by atoms with Crippen molar-refractivity contribution in [2.45, 2.75) is 24.3 Å². The molecule has 0 amide bonds. The van der Waals surface area contributed by atoms with Gasteiger partial charge in [-0.25, -0.2) is 18.1 Å². The van der Waals surface area contributed by atoms with E-state index in [2.05, 4.69) is 10.1 Å². The lowest BCUT2D eigenvalue weighted by Gasteiger charge is -2.14. The first-order chi connectivity index (χ1) is 16.2. The summed E-state index contributed by atoms with van der Waals surface area (Å²) >= 11 is 1.01. The highest BCUT2D eigenvalue weighted by atomic mass is 32.2. The number of pyridine rings is 1. The average Bonchev–Trinajstić information content (AvgIpc) is 3.39. The third-order valence-corrected chi connectivity index (χ3v) is 7.25. The molecule has 0 unspecified atom stereocenters. The van der Waals surface area contributed by atoms with Crippen molar-refractivity contribution in [3.8, 4) is 26.7 Å². The van der Waals surface area contributed by atoms with Gasteiger partial charge in [-0.05, 0) is 48.9 Å². The molecule has 5 nitrogen and oxygen atoms in total. The van der Waals surface area contributed by atoms with E-state index < -0.39 is 39.1 Å². The van der Waals surface area contributed by atoms with Crippen molar-refractivity contribution in [3.63, 3.8) is 0 Å². The lowest BCUT2D eigenvalue weighted by atomic mass is 10.1. The summed E-state index contributed by atoms with van der Waals surface area (Å²) in [6.07, 6.45) is -7.36. The summed E-state index contributed by atoms with van der Waals surface area (Å²) < 4.78 is 105. The quantitative estimate of drug-likeness (QED) is 0.286. The van der Waals surface area contributed by atoms with Gasteiger partial charge >= 0.3 is 12.4 Å². The Kier molecular flexibility index (Phi) is 6.04. The minimum atomic E-state index is -4.88. The number of aryl methyl sites for hydroxylation is 1. The van der Waals surface area contributed by atoms with Crippen LogP contribution in [0.25, 0.3) is 26.7 Å². The Labute approximate surface area is 199 Å². The van der Waals surface area contributed by atoms with E-state index in [-0.39, 0.29) is 15.6 Å². The van der Waals surface area contributed by atoms with E-state index in [4.69, 9.17) is 0 Å². The number of nitrogens with zero attached hydrogens (tertiary/aromatic N) is 3. The molecule has 0 spiro atoms. The number of para-hydroxylation sites is 1. The minimum Gasteiger partial charge on any atom is -0.244 e. The highest BCUT2D eigenvalue weighted by Crippen LogP contribution is 2.41. The van der Waals surface area contributed by atoms with Gasteiger partial charge in [-0.15, -0.1) is 11.3 Å². The van der Waals surface area contributed by atoms with Crippen molar-refractivity contribution in [1.29, 1.82) is 0 Å². The first-order valence-corrected chi connectivity index (χ1v) is 12.5. The molecule has 4 aromatic rings. The second kappa shape index (κ2) is 8.48. The van der Waals surface area contributed by atoms with E-state index in [1.807, 2.05) is 0 Å². The zero-order valence-corrected chi connectivity index (χ0v) is 19.6. The number of alkyl halides is 6. The molecule has 3 aromatic heterocycles. The number of aromatic nitrogens is 3. The van der Waals surface area contributed by atoms with Crippen molar-refractivity contribution in [3.05, 3.63) is 71.5 Å². The van der Waals surface area contributed by atoms with Crippen LogP contribution in [0.15, 0.2) is 59.8 Å². The SMILES string of the molecule is Cc1cc(-c2ccc(-c3cc(C(F)(F)F)nn3-c3ccccc3C(F)(F)F)s2)cnc1S(C)(=O)=O. The number of hydrogen-bond donors (Lipinski definition) is 0. The maximum Gasteiger partial charge on any atom is 0.435 e. The van der Waals surface area contributed by atoms with E-state index in [0.29, 0.717) is 26.8 Å². The van der Waals surface area contributed by atoms with Crippen molar-refractivity contribution < 1.29 is 34.8 Å². The molecule has 0 saturated heterocycles. The largest absolute Gasteiger partial charge is 0.435 e. The van der Waals surface area contributed by atoms with Crippen molar-refractivity contribution in [1.82, 2.24) is 14.8 Å². The van der Waals surface area contributed by atoms with E-state index in [0.717, 1.165) is 35.8 Å². The van der Waals surface area contributed by atoms with Crippen LogP contribution < -0.4 is 0 Å². The van der Waals surface area contributed by atoms with Crippen molar-refractivity contribution in [2.24, 2.45) is 0 Å². The molecule has 0 aliphatic rings. The van der Waals surface area contributed by atoms with Crippen LogP contribution in [0, 0.1) is 6.92 Å². The Morgan fingerprint density at radius 3 is 2.17 bits per heavy atom. The van der Waals surface area contributed by atoms with Crippen LogP contribution in [0.4, 0.5) is 26.3 Å². The monoisotopic (exact) mass is 531 g/mol. The average molecular weight is 532 g/mol. The summed E-state index contributed by atoms with van der Waals surface area (Å²) in [4.78, 5) is 4.73. The number of rotatable bonds is 4. The third-order valence-electron chi connectivity index (χ3n) is 4.96. The fourth-order valence-electron chi connectivity index (χ4n) is 3.49. The van der Waals surface area contributed by atoms with Crippen LogP contribution in [-0.4, -0.2) is 29.4 Å². The summed E-state index contributed by atoms with van der Waals surface area (Å²) in [5.74, 6) is 0. The van der Waals surface area contributed by atoms with Gasteiger partial charge in [0.15, 0.2) is 20.6 Å². The molecule has 0 aliphatic heterocycles. The lowest BCUT2D eigenvalue weighted by Crippen LogP contribution is -2.13. The molecular weight excluding hydrogens is 516 g/mol. The van der Waals surface area contributed by atoms with Gasteiger partial charge < -0.3 is 0 Å². The van der Waals surface area contributed by atoms with Gasteiger partial charge in [0.05, 0.1) is 21.8 Å². The maximum atomic E-state index is 13.6. The molecule has 0 aliphatic carbocycles. The number of sulfone groups is 1. The van der Waals surface area contributed by atoms with Crippen molar-refractivity contribution >= 4 is 21.2 Å². The molecule has 0 fully saturated rings. The van der Waals surface area contributed by atoms with Gasteiger partial charge in [-0.2, -0.15) is 31.4 Å². The normalized spacial score (nSPS) is 12.8. The van der Waals surface area contributed by atoms with Gasteiger partial charge in [-0.3, -0.25) is 0 Å². The third kappa shape index (κ3) is 4.96. The van der Waals surface area contributed by atoms with Crippen LogP contribution in [0.5, 0.6) is 0 Å². The highest BCUT2D eigenvalue weighted by molar-refractivity contribution is 7.90. The highest BCUT2D eigenvalue weighted by Gasteiger charge is 2.38. The maximum absolute atomic E-state index is 13.6. The predicted octanol–water partition coefficient (Wildman–Crippen LogP) is 6.41. The fourth-order valence-corrected chi connectivity index (χ4v) is 5.37. The van der Waals surface area contributed by atoms with Crippen LogP contribution in [0.3, 0.4) is 0 Å². The Morgan fingerprint density at radius 2 is 1.57 bits per heavy atom. The topological polar surface area (TPSA) is 64.8 Å². The van der Waals surface area contributed by atoms with Gasteiger partial charge in [-0.1, -0.05) is 12.1 Å². The molecular formula is C22H15F6N3O2S2. The fraction of sp³-hybridized carbons (Fsp3) is 0.182. The van der Waals surface area contributed by atoms with Gasteiger partial charge in [0.25, 0.3) is 0 Å². The standard InChI is InChI=1S/C22H15F6N3O2S2/c1-12-9-13(11-29-20(12)35(2,32)33)17-7-8-18(34-17)16-10-19(22(26,27)28)30-31(16)15-6-4-3-5-14(15)21(23,24)25/h3-11H,1-2H3. The Bertz CT molecular complexity index is 1520. The number of hydrogen-bond acceptors (Lipinski definition) is 5. The summed E-state index contributed by atoms with van der Waals surface area (Å²) in [7, 11) is -3.55. The number of benzene rings is 1. The molecule has 0 bridgehead atoms. The molecule has 1 aromatic carbocycles. The second-order valence-electron chi connectivity index (χ2n) is 7.62. The molecule has 0 saturated carbocycles. The zero-order chi connectivity index (χ0) is 25.8. The lowest BCUT2D eigenvalue weighted by molar-refractivity contribution is -0.141. The van der Waals surface area contributed by atoms with Gasteiger partial charge in [0, 0.05) is 22.9 Å². The van der Waals surface area contributed by atoms with Crippen LogP contribution in [0.2, 0.25) is 0 Å². The molecule has 184 valence electrons. The minimum absolute atomic E-state index is 0.102. The van der Waals surface area contributed by atoms with Gasteiger partial charge in [0.2, 0.25) is 0 Å². The van der Waals surface area contributed by atoms with Crippen LogP contribution in [0.1, 0.15) is 16.8 Å². The summed E-state index contributed by atoms with van der Waals surface area (Å²) in [5.41, 5.74) is -2.31. The molecule has 0 atom stereocenters. The first-order valence-electron chi connectivity index (χ1n) is 9.77. The molecule has 35 heavy (non-hydrogen) atoms. The van der Waals surface area contributed by atoms with E-state index >= 15 is 0 Å². The summed E-state index contributed by atoms with van der Waals surface area (Å²) in [6, 6.07) is 9.52. The van der Waals surface area contributed by atoms with E-state index in [9.17, 15) is 34.8 Å². The predicted molar refractivity (Wildman–Crippen MR) is 118 cm³/mol. The molecule has 4 rings (SSSR count).